The van der Waals surface area contributed by atoms with Gasteiger partial charge in [-0.2, -0.15) is 0 Å². The van der Waals surface area contributed by atoms with Crippen LogP contribution in [0, 0.1) is 0 Å². The SMILES string of the molecule is CCNC(=O)N1CCN(C(=O)c2ccccc2N(C)C(=O)c2cccs2)CC1. The molecule has 0 atom stereocenters. The average Bonchev–Trinajstić information content (AvgIpc) is 3.27. The molecule has 0 bridgehead atoms. The summed E-state index contributed by atoms with van der Waals surface area (Å²) in [6, 6.07) is 10.6. The molecule has 0 radical (unpaired) electrons. The number of piperazine rings is 1. The maximum Gasteiger partial charge on any atom is 0.317 e. The van der Waals surface area contributed by atoms with E-state index >= 15 is 0 Å². The molecule has 3 rings (SSSR count). The van der Waals surface area contributed by atoms with Crippen LogP contribution in [0.2, 0.25) is 0 Å². The second-order valence-corrected chi connectivity index (χ2v) is 7.42. The quantitative estimate of drug-likeness (QED) is 0.857. The van der Waals surface area contributed by atoms with Crippen LogP contribution in [0.4, 0.5) is 10.5 Å². The number of thiophene rings is 1. The Balaban J connectivity index is 1.73. The van der Waals surface area contributed by atoms with Crippen molar-refractivity contribution in [1.82, 2.24) is 15.1 Å². The molecule has 7 nitrogen and oxygen atoms in total. The minimum Gasteiger partial charge on any atom is -0.338 e. The third-order valence-electron chi connectivity index (χ3n) is 4.71. The minimum atomic E-state index is -0.142. The van der Waals surface area contributed by atoms with Crippen molar-refractivity contribution in [1.29, 1.82) is 0 Å². The molecule has 1 saturated heterocycles. The molecule has 0 aliphatic carbocycles. The van der Waals surface area contributed by atoms with Crippen LogP contribution >= 0.6 is 11.3 Å². The van der Waals surface area contributed by atoms with Gasteiger partial charge in [-0.15, -0.1) is 11.3 Å². The lowest BCUT2D eigenvalue weighted by molar-refractivity contribution is 0.0666. The highest BCUT2D eigenvalue weighted by Gasteiger charge is 2.27. The van der Waals surface area contributed by atoms with Crippen molar-refractivity contribution in [2.24, 2.45) is 0 Å². The lowest BCUT2D eigenvalue weighted by Gasteiger charge is -2.35. The molecule has 148 valence electrons. The monoisotopic (exact) mass is 400 g/mol. The summed E-state index contributed by atoms with van der Waals surface area (Å²) in [6.45, 7) is 4.37. The van der Waals surface area contributed by atoms with E-state index in [-0.39, 0.29) is 17.8 Å². The molecule has 1 aromatic carbocycles. The van der Waals surface area contributed by atoms with Crippen molar-refractivity contribution < 1.29 is 14.4 Å². The molecular formula is C20H24N4O3S. The summed E-state index contributed by atoms with van der Waals surface area (Å²) >= 11 is 1.37. The van der Waals surface area contributed by atoms with Gasteiger partial charge in [0, 0.05) is 39.8 Å². The number of carbonyl (C=O) groups excluding carboxylic acids is 3. The highest BCUT2D eigenvalue weighted by atomic mass is 32.1. The van der Waals surface area contributed by atoms with Gasteiger partial charge in [0.1, 0.15) is 0 Å². The van der Waals surface area contributed by atoms with E-state index in [9.17, 15) is 14.4 Å². The van der Waals surface area contributed by atoms with Crippen LogP contribution in [0.5, 0.6) is 0 Å². The Morgan fingerprint density at radius 3 is 2.36 bits per heavy atom. The number of para-hydroxylation sites is 1. The van der Waals surface area contributed by atoms with Gasteiger partial charge in [-0.1, -0.05) is 18.2 Å². The highest BCUT2D eigenvalue weighted by molar-refractivity contribution is 7.12. The van der Waals surface area contributed by atoms with Crippen LogP contribution in [-0.2, 0) is 0 Å². The van der Waals surface area contributed by atoms with Crippen LogP contribution in [0.3, 0.4) is 0 Å². The highest BCUT2D eigenvalue weighted by Crippen LogP contribution is 2.24. The first-order chi connectivity index (χ1) is 13.5. The summed E-state index contributed by atoms with van der Waals surface area (Å²) in [7, 11) is 1.68. The topological polar surface area (TPSA) is 73.0 Å². The molecule has 2 aromatic rings. The van der Waals surface area contributed by atoms with E-state index in [4.69, 9.17) is 0 Å². The molecule has 4 amide bonds. The summed E-state index contributed by atoms with van der Waals surface area (Å²) in [4.78, 5) is 43.3. The zero-order valence-electron chi connectivity index (χ0n) is 16.1. The van der Waals surface area contributed by atoms with Gasteiger partial charge in [-0.3, -0.25) is 9.59 Å². The van der Waals surface area contributed by atoms with Gasteiger partial charge in [0.05, 0.1) is 16.1 Å². The van der Waals surface area contributed by atoms with E-state index < -0.39 is 0 Å². The number of urea groups is 1. The smallest absolute Gasteiger partial charge is 0.317 e. The number of hydrogen-bond donors (Lipinski definition) is 1. The number of rotatable bonds is 4. The van der Waals surface area contributed by atoms with Crippen molar-refractivity contribution >= 4 is 34.9 Å². The average molecular weight is 401 g/mol. The van der Waals surface area contributed by atoms with Gasteiger partial charge in [-0.25, -0.2) is 4.79 Å². The van der Waals surface area contributed by atoms with Crippen molar-refractivity contribution in [2.75, 3.05) is 44.7 Å². The van der Waals surface area contributed by atoms with Gasteiger partial charge in [0.15, 0.2) is 0 Å². The van der Waals surface area contributed by atoms with E-state index in [1.54, 1.807) is 41.1 Å². The molecule has 1 aliphatic rings. The van der Waals surface area contributed by atoms with Crippen LogP contribution in [-0.4, -0.2) is 67.4 Å². The normalized spacial score (nSPS) is 13.9. The third kappa shape index (κ3) is 4.17. The fourth-order valence-corrected chi connectivity index (χ4v) is 3.87. The first-order valence-electron chi connectivity index (χ1n) is 9.25. The Kier molecular flexibility index (Phi) is 6.30. The summed E-state index contributed by atoms with van der Waals surface area (Å²) in [5.74, 6) is -0.270. The Morgan fingerprint density at radius 1 is 1.04 bits per heavy atom. The second-order valence-electron chi connectivity index (χ2n) is 6.47. The Hall–Kier alpha value is -2.87. The van der Waals surface area contributed by atoms with Crippen molar-refractivity contribution in [3.05, 3.63) is 52.2 Å². The largest absolute Gasteiger partial charge is 0.338 e. The molecule has 1 aromatic heterocycles. The van der Waals surface area contributed by atoms with E-state index in [2.05, 4.69) is 5.32 Å². The maximum atomic E-state index is 13.1. The van der Waals surface area contributed by atoms with Crippen molar-refractivity contribution in [2.45, 2.75) is 6.92 Å². The number of hydrogen-bond acceptors (Lipinski definition) is 4. The van der Waals surface area contributed by atoms with Gasteiger partial charge in [-0.05, 0) is 30.5 Å². The Labute approximate surface area is 168 Å². The molecule has 8 heteroatoms. The lowest BCUT2D eigenvalue weighted by Crippen LogP contribution is -2.53. The molecule has 1 aliphatic heterocycles. The summed E-state index contributed by atoms with van der Waals surface area (Å²) < 4.78 is 0. The third-order valence-corrected chi connectivity index (χ3v) is 5.57. The van der Waals surface area contributed by atoms with E-state index in [1.807, 2.05) is 24.4 Å². The zero-order chi connectivity index (χ0) is 20.1. The molecular weight excluding hydrogens is 376 g/mol. The molecule has 1 fully saturated rings. The predicted octanol–water partition coefficient (Wildman–Crippen LogP) is 2.51. The zero-order valence-corrected chi connectivity index (χ0v) is 16.9. The van der Waals surface area contributed by atoms with Crippen molar-refractivity contribution in [3.8, 4) is 0 Å². The predicted molar refractivity (Wildman–Crippen MR) is 110 cm³/mol. The summed E-state index contributed by atoms with van der Waals surface area (Å²) in [5, 5.41) is 4.63. The van der Waals surface area contributed by atoms with Crippen molar-refractivity contribution in [3.63, 3.8) is 0 Å². The van der Waals surface area contributed by atoms with Gasteiger partial charge in [0.25, 0.3) is 11.8 Å². The van der Waals surface area contributed by atoms with E-state index in [0.717, 1.165) is 0 Å². The Morgan fingerprint density at radius 2 is 1.71 bits per heavy atom. The van der Waals surface area contributed by atoms with E-state index in [1.165, 1.54) is 16.2 Å². The van der Waals surface area contributed by atoms with Crippen LogP contribution < -0.4 is 10.2 Å². The number of amides is 4. The van der Waals surface area contributed by atoms with Crippen LogP contribution in [0.15, 0.2) is 41.8 Å². The van der Waals surface area contributed by atoms with E-state index in [0.29, 0.717) is 48.9 Å². The molecule has 1 N–H and O–H groups in total. The van der Waals surface area contributed by atoms with Gasteiger partial charge in [0.2, 0.25) is 0 Å². The number of anilines is 1. The fourth-order valence-electron chi connectivity index (χ4n) is 3.17. The fraction of sp³-hybridized carbons (Fsp3) is 0.350. The maximum absolute atomic E-state index is 13.1. The molecule has 0 unspecified atom stereocenters. The minimum absolute atomic E-state index is 0.101. The van der Waals surface area contributed by atoms with Gasteiger partial charge >= 0.3 is 6.03 Å². The standard InChI is InChI=1S/C20H24N4O3S/c1-3-21-20(27)24-12-10-23(11-13-24)18(25)15-7-4-5-8-16(15)22(2)19(26)17-9-6-14-28-17/h4-9,14H,3,10-13H2,1-2H3,(H,21,27). The van der Waals surface area contributed by atoms with Gasteiger partial charge < -0.3 is 20.0 Å². The number of nitrogens with one attached hydrogen (secondary N) is 1. The van der Waals surface area contributed by atoms with Crippen LogP contribution in [0.1, 0.15) is 27.0 Å². The Bertz CT molecular complexity index is 845. The van der Waals surface area contributed by atoms with Crippen LogP contribution in [0.25, 0.3) is 0 Å². The summed E-state index contributed by atoms with van der Waals surface area (Å²) in [5.41, 5.74) is 1.07. The number of carbonyl (C=O) groups is 3. The number of benzene rings is 1. The lowest BCUT2D eigenvalue weighted by atomic mass is 10.1. The molecule has 2 heterocycles. The first-order valence-corrected chi connectivity index (χ1v) is 10.1. The second kappa shape index (κ2) is 8.88. The molecule has 28 heavy (non-hydrogen) atoms. The number of nitrogens with zero attached hydrogens (tertiary/aromatic N) is 3. The molecule has 0 spiro atoms. The first kappa shape index (κ1) is 19.9. The molecule has 0 saturated carbocycles. The summed E-state index contributed by atoms with van der Waals surface area (Å²) in [6.07, 6.45) is 0.